The summed E-state index contributed by atoms with van der Waals surface area (Å²) < 4.78 is 4.70. The number of hydrogen-bond acceptors (Lipinski definition) is 5. The summed E-state index contributed by atoms with van der Waals surface area (Å²) in [6.45, 7) is 10.5. The van der Waals surface area contributed by atoms with E-state index < -0.39 is 16.8 Å². The quantitative estimate of drug-likeness (QED) is 0.828. The predicted molar refractivity (Wildman–Crippen MR) is 91.7 cm³/mol. The number of nitrogens with one attached hydrogen (secondary N) is 2. The van der Waals surface area contributed by atoms with Gasteiger partial charge in [0.05, 0.1) is 7.11 Å². The molecule has 0 aromatic carbocycles. The highest BCUT2D eigenvalue weighted by molar-refractivity contribution is 6.02. The van der Waals surface area contributed by atoms with Crippen molar-refractivity contribution in [3.8, 4) is 0 Å². The zero-order valence-electron chi connectivity index (χ0n) is 15.2. The summed E-state index contributed by atoms with van der Waals surface area (Å²) >= 11 is 0. The predicted octanol–water partition coefficient (Wildman–Crippen LogP) is 2.84. The van der Waals surface area contributed by atoms with Crippen LogP contribution < -0.4 is 10.6 Å². The van der Waals surface area contributed by atoms with E-state index in [1.807, 2.05) is 0 Å². The molecule has 24 heavy (non-hydrogen) atoms. The Labute approximate surface area is 142 Å². The molecule has 1 heterocycles. The average Bonchev–Trinajstić information content (AvgIpc) is 2.44. The average molecular weight is 335 g/mol. The first-order valence-corrected chi connectivity index (χ1v) is 7.58. The van der Waals surface area contributed by atoms with E-state index in [1.165, 1.54) is 19.2 Å². The Kier molecular flexibility index (Phi) is 5.71. The van der Waals surface area contributed by atoms with Gasteiger partial charge in [-0.25, -0.2) is 9.78 Å². The fraction of sp³-hybridized carbons (Fsp3) is 0.529. The fourth-order valence-electron chi connectivity index (χ4n) is 1.50. The number of aromatic nitrogens is 1. The summed E-state index contributed by atoms with van der Waals surface area (Å²) in [5.74, 6) is -0.867. The molecule has 7 nitrogen and oxygen atoms in total. The van der Waals surface area contributed by atoms with E-state index in [2.05, 4.69) is 15.6 Å². The Hall–Kier alpha value is -2.44. The number of esters is 1. The van der Waals surface area contributed by atoms with E-state index in [0.717, 1.165) is 0 Å². The molecule has 1 rings (SSSR count). The van der Waals surface area contributed by atoms with Crippen molar-refractivity contribution >= 4 is 29.4 Å². The monoisotopic (exact) mass is 335 g/mol. The minimum atomic E-state index is -0.667. The van der Waals surface area contributed by atoms with E-state index in [1.54, 1.807) is 41.5 Å². The van der Waals surface area contributed by atoms with Crippen molar-refractivity contribution in [1.82, 2.24) is 4.98 Å². The highest BCUT2D eigenvalue weighted by Gasteiger charge is 2.26. The van der Waals surface area contributed by atoms with Gasteiger partial charge in [0.2, 0.25) is 11.8 Å². The summed E-state index contributed by atoms with van der Waals surface area (Å²) in [5.41, 5.74) is -1.15. The van der Waals surface area contributed by atoms with Crippen molar-refractivity contribution in [2.45, 2.75) is 41.5 Å². The van der Waals surface area contributed by atoms with Crippen molar-refractivity contribution in [1.29, 1.82) is 0 Å². The lowest BCUT2D eigenvalue weighted by Gasteiger charge is -2.20. The number of nitrogens with zero attached hydrogens (tertiary/aromatic N) is 1. The van der Waals surface area contributed by atoms with Crippen LogP contribution in [0.1, 0.15) is 51.9 Å². The van der Waals surface area contributed by atoms with Gasteiger partial charge < -0.3 is 15.4 Å². The molecule has 0 fully saturated rings. The van der Waals surface area contributed by atoms with E-state index in [-0.39, 0.29) is 29.0 Å². The van der Waals surface area contributed by atoms with Crippen molar-refractivity contribution in [3.05, 3.63) is 17.7 Å². The van der Waals surface area contributed by atoms with E-state index in [4.69, 9.17) is 4.74 Å². The van der Waals surface area contributed by atoms with Gasteiger partial charge in [-0.2, -0.15) is 0 Å². The maximum atomic E-state index is 12.2. The van der Waals surface area contributed by atoms with Crippen LogP contribution in [-0.2, 0) is 14.3 Å². The number of anilines is 2. The van der Waals surface area contributed by atoms with E-state index in [0.29, 0.717) is 0 Å². The first-order chi connectivity index (χ1) is 10.9. The SMILES string of the molecule is COC(=O)c1ccc(NC(=O)C(C)(C)C)nc1NC(=O)C(C)(C)C. The molecule has 132 valence electrons. The fourth-order valence-corrected chi connectivity index (χ4v) is 1.50. The van der Waals surface area contributed by atoms with Crippen LogP contribution >= 0.6 is 0 Å². The second-order valence-corrected chi connectivity index (χ2v) is 7.49. The molecule has 0 atom stereocenters. The molecule has 2 amide bonds. The number of methoxy groups -OCH3 is 1. The van der Waals surface area contributed by atoms with Crippen molar-refractivity contribution in [2.75, 3.05) is 17.7 Å². The number of carbonyl (C=O) groups excluding carboxylic acids is 3. The molecule has 0 bridgehead atoms. The van der Waals surface area contributed by atoms with Crippen LogP contribution in [0.4, 0.5) is 11.6 Å². The van der Waals surface area contributed by atoms with Crippen LogP contribution in [0.2, 0.25) is 0 Å². The number of amides is 2. The van der Waals surface area contributed by atoms with Gasteiger partial charge in [0.1, 0.15) is 17.2 Å². The van der Waals surface area contributed by atoms with Gasteiger partial charge in [-0.3, -0.25) is 9.59 Å². The Morgan fingerprint density at radius 3 is 1.88 bits per heavy atom. The molecule has 0 spiro atoms. The number of carbonyl (C=O) groups is 3. The minimum absolute atomic E-state index is 0.0495. The molecule has 7 heteroatoms. The van der Waals surface area contributed by atoms with Crippen LogP contribution in [0.25, 0.3) is 0 Å². The Morgan fingerprint density at radius 1 is 0.917 bits per heavy atom. The molecule has 0 unspecified atom stereocenters. The summed E-state index contributed by atoms with van der Waals surface area (Å²) in [4.78, 5) is 40.3. The van der Waals surface area contributed by atoms with Gasteiger partial charge in [-0.1, -0.05) is 41.5 Å². The largest absolute Gasteiger partial charge is 0.465 e. The summed E-state index contributed by atoms with van der Waals surface area (Å²) in [5, 5.41) is 5.28. The number of pyridine rings is 1. The summed E-state index contributed by atoms with van der Waals surface area (Å²) in [6.07, 6.45) is 0. The molecular formula is C17H25N3O4. The van der Waals surface area contributed by atoms with Gasteiger partial charge in [-0.05, 0) is 12.1 Å². The van der Waals surface area contributed by atoms with Gasteiger partial charge in [0.25, 0.3) is 0 Å². The molecule has 0 radical (unpaired) electrons. The number of hydrogen-bond donors (Lipinski definition) is 2. The van der Waals surface area contributed by atoms with E-state index in [9.17, 15) is 14.4 Å². The Bertz CT molecular complexity index is 655. The zero-order valence-corrected chi connectivity index (χ0v) is 15.2. The second kappa shape index (κ2) is 6.98. The Morgan fingerprint density at radius 2 is 1.42 bits per heavy atom. The van der Waals surface area contributed by atoms with Gasteiger partial charge in [-0.15, -0.1) is 0 Å². The van der Waals surface area contributed by atoms with Gasteiger partial charge in [0, 0.05) is 10.8 Å². The maximum Gasteiger partial charge on any atom is 0.341 e. The first kappa shape index (κ1) is 19.6. The number of rotatable bonds is 3. The third kappa shape index (κ3) is 5.04. The van der Waals surface area contributed by atoms with E-state index >= 15 is 0 Å². The van der Waals surface area contributed by atoms with Crippen LogP contribution in [0.15, 0.2) is 12.1 Å². The summed E-state index contributed by atoms with van der Waals surface area (Å²) in [6, 6.07) is 2.94. The molecule has 2 N–H and O–H groups in total. The molecule has 1 aromatic rings. The lowest BCUT2D eigenvalue weighted by Crippen LogP contribution is -2.30. The minimum Gasteiger partial charge on any atom is -0.465 e. The van der Waals surface area contributed by atoms with Crippen molar-refractivity contribution in [2.24, 2.45) is 10.8 Å². The van der Waals surface area contributed by atoms with Crippen molar-refractivity contribution < 1.29 is 19.1 Å². The van der Waals surface area contributed by atoms with Crippen LogP contribution in [-0.4, -0.2) is 29.9 Å². The molecule has 0 aliphatic rings. The standard InChI is InChI=1S/C17H25N3O4/c1-16(2,3)14(22)19-11-9-8-10(13(21)24-7)12(18-11)20-15(23)17(4,5)6/h8-9H,1-7H3,(H2,18,19,20,22,23). The van der Waals surface area contributed by atoms with Crippen LogP contribution in [0, 0.1) is 10.8 Å². The third-order valence-electron chi connectivity index (χ3n) is 3.14. The third-order valence-corrected chi connectivity index (χ3v) is 3.14. The van der Waals surface area contributed by atoms with Gasteiger partial charge in [0.15, 0.2) is 0 Å². The number of ether oxygens (including phenoxy) is 1. The highest BCUT2D eigenvalue weighted by atomic mass is 16.5. The smallest absolute Gasteiger partial charge is 0.341 e. The Balaban J connectivity index is 3.20. The second-order valence-electron chi connectivity index (χ2n) is 7.49. The highest BCUT2D eigenvalue weighted by Crippen LogP contribution is 2.23. The maximum absolute atomic E-state index is 12.2. The van der Waals surface area contributed by atoms with Gasteiger partial charge >= 0.3 is 5.97 Å². The van der Waals surface area contributed by atoms with Crippen molar-refractivity contribution in [3.63, 3.8) is 0 Å². The first-order valence-electron chi connectivity index (χ1n) is 7.58. The molecular weight excluding hydrogens is 310 g/mol. The molecule has 0 aliphatic heterocycles. The summed E-state index contributed by atoms with van der Waals surface area (Å²) in [7, 11) is 1.24. The zero-order chi connectivity index (χ0) is 18.7. The topological polar surface area (TPSA) is 97.4 Å². The molecule has 0 saturated carbocycles. The van der Waals surface area contributed by atoms with Crippen LogP contribution in [0.5, 0.6) is 0 Å². The molecule has 1 aromatic heterocycles. The molecule has 0 saturated heterocycles. The van der Waals surface area contributed by atoms with Crippen LogP contribution in [0.3, 0.4) is 0 Å². The molecule has 0 aliphatic carbocycles. The lowest BCUT2D eigenvalue weighted by atomic mass is 9.95. The normalized spacial score (nSPS) is 11.6. The lowest BCUT2D eigenvalue weighted by molar-refractivity contribution is -0.123.